The summed E-state index contributed by atoms with van der Waals surface area (Å²) in [6.45, 7) is 11.5. The summed E-state index contributed by atoms with van der Waals surface area (Å²) in [7, 11) is -3.97. The van der Waals surface area contributed by atoms with Crippen LogP contribution in [-0.4, -0.2) is 73.1 Å². The fourth-order valence-corrected chi connectivity index (χ4v) is 7.54. The van der Waals surface area contributed by atoms with Crippen molar-refractivity contribution < 1.29 is 23.1 Å². The zero-order chi connectivity index (χ0) is 29.8. The Kier molecular flexibility index (Phi) is 10.8. The number of benzene rings is 2. The van der Waals surface area contributed by atoms with Gasteiger partial charge in [-0.15, -0.1) is 0 Å². The Labute approximate surface area is 259 Å². The van der Waals surface area contributed by atoms with Gasteiger partial charge in [-0.05, 0) is 117 Å². The van der Waals surface area contributed by atoms with E-state index in [1.165, 1.54) is 23.6 Å². The van der Waals surface area contributed by atoms with E-state index in [0.29, 0.717) is 24.3 Å². The second-order valence-corrected chi connectivity index (χ2v) is 15.3. The molecule has 1 amide bonds. The molecule has 2 aromatic carbocycles. The van der Waals surface area contributed by atoms with Crippen LogP contribution in [0.2, 0.25) is 0 Å². The average molecular weight is 698 g/mol. The molecule has 2 unspecified atom stereocenters. The minimum atomic E-state index is -3.97. The van der Waals surface area contributed by atoms with Crippen LogP contribution >= 0.6 is 22.6 Å². The fraction of sp³-hybridized carbons (Fsp3) is 0.581. The van der Waals surface area contributed by atoms with Crippen LogP contribution in [0.3, 0.4) is 0 Å². The number of hydrogen-bond donors (Lipinski definition) is 2. The number of hydrogen-bond acceptors (Lipinski definition) is 6. The van der Waals surface area contributed by atoms with Crippen molar-refractivity contribution in [3.05, 3.63) is 57.2 Å². The number of carbonyl (C=O) groups is 1. The smallest absolute Gasteiger partial charge is 0.243 e. The first-order chi connectivity index (χ1) is 19.4. The molecule has 0 aromatic heterocycles. The molecule has 2 N–H and O–H groups in total. The number of nitrogens with zero attached hydrogens (tertiary/aromatic N) is 2. The normalized spacial score (nSPS) is 21.0. The van der Waals surface area contributed by atoms with Crippen molar-refractivity contribution in [1.82, 2.24) is 14.5 Å². The zero-order valence-corrected chi connectivity index (χ0v) is 27.6. The molecule has 226 valence electrons. The lowest BCUT2D eigenvalue weighted by Crippen LogP contribution is -2.55. The SMILES string of the molecule is CC(C)CCN(C1c2cc(CC(=O)NCCN3CCCCC3)ccc2OC(C)(C)C1O)S(=O)(=O)c1ccc(I)cc1. The molecule has 2 aromatic rings. The summed E-state index contributed by atoms with van der Waals surface area (Å²) in [4.78, 5) is 15.4. The molecule has 41 heavy (non-hydrogen) atoms. The quantitative estimate of drug-likeness (QED) is 0.330. The summed E-state index contributed by atoms with van der Waals surface area (Å²) in [5.41, 5.74) is 0.298. The maximum atomic E-state index is 14.1. The summed E-state index contributed by atoms with van der Waals surface area (Å²) in [5, 5.41) is 14.7. The third kappa shape index (κ3) is 8.01. The first-order valence-electron chi connectivity index (χ1n) is 14.6. The van der Waals surface area contributed by atoms with Gasteiger partial charge in [-0.1, -0.05) is 26.3 Å². The summed E-state index contributed by atoms with van der Waals surface area (Å²) >= 11 is 2.15. The Morgan fingerprint density at radius 1 is 1.15 bits per heavy atom. The van der Waals surface area contributed by atoms with E-state index in [-0.39, 0.29) is 29.7 Å². The number of aliphatic hydroxyl groups is 1. The van der Waals surface area contributed by atoms with E-state index in [0.717, 1.165) is 28.8 Å². The predicted octanol–water partition coefficient (Wildman–Crippen LogP) is 4.75. The maximum absolute atomic E-state index is 14.1. The van der Waals surface area contributed by atoms with Gasteiger partial charge in [0.05, 0.1) is 17.4 Å². The minimum absolute atomic E-state index is 0.0840. The lowest BCUT2D eigenvalue weighted by molar-refractivity contribution is -0.120. The van der Waals surface area contributed by atoms with Crippen molar-refractivity contribution in [1.29, 1.82) is 0 Å². The average Bonchev–Trinajstić information content (AvgIpc) is 2.91. The van der Waals surface area contributed by atoms with E-state index in [1.54, 1.807) is 44.2 Å². The zero-order valence-electron chi connectivity index (χ0n) is 24.6. The summed E-state index contributed by atoms with van der Waals surface area (Å²) in [5.74, 6) is 0.694. The highest BCUT2D eigenvalue weighted by atomic mass is 127. The number of sulfonamides is 1. The van der Waals surface area contributed by atoms with Crippen LogP contribution < -0.4 is 10.1 Å². The molecule has 0 aliphatic carbocycles. The Bertz CT molecular complexity index is 1290. The predicted molar refractivity (Wildman–Crippen MR) is 169 cm³/mol. The van der Waals surface area contributed by atoms with Gasteiger partial charge >= 0.3 is 0 Å². The van der Waals surface area contributed by atoms with Crippen LogP contribution in [0.25, 0.3) is 0 Å². The van der Waals surface area contributed by atoms with Gasteiger partial charge in [0, 0.05) is 28.8 Å². The third-order valence-electron chi connectivity index (χ3n) is 8.00. The first-order valence-corrected chi connectivity index (χ1v) is 17.2. The van der Waals surface area contributed by atoms with Gasteiger partial charge in [0.2, 0.25) is 15.9 Å². The second-order valence-electron chi connectivity index (χ2n) is 12.1. The summed E-state index contributed by atoms with van der Waals surface area (Å²) in [6, 6.07) is 11.4. The van der Waals surface area contributed by atoms with Gasteiger partial charge in [-0.2, -0.15) is 4.31 Å². The van der Waals surface area contributed by atoms with E-state index in [9.17, 15) is 18.3 Å². The second kappa shape index (κ2) is 13.7. The van der Waals surface area contributed by atoms with Crippen LogP contribution in [-0.2, 0) is 21.2 Å². The van der Waals surface area contributed by atoms with E-state index >= 15 is 0 Å². The molecular formula is C31H44IN3O5S. The maximum Gasteiger partial charge on any atom is 0.243 e. The number of fused-ring (bicyclic) bond motifs is 1. The van der Waals surface area contributed by atoms with Crippen molar-refractivity contribution in [2.45, 2.75) is 82.4 Å². The molecule has 1 fully saturated rings. The molecule has 0 bridgehead atoms. The molecule has 2 aliphatic rings. The number of nitrogens with one attached hydrogen (secondary N) is 1. The molecule has 1 saturated heterocycles. The standard InChI is InChI=1S/C31H44IN3O5S/c1-22(2)14-18-35(41(38,39)25-11-9-24(32)10-12-25)29-26-20-23(8-13-27(26)40-31(3,4)30(29)37)21-28(36)33-15-19-34-16-6-5-7-17-34/h8-13,20,22,29-30,37H,5-7,14-19,21H2,1-4H3,(H,33,36). The molecule has 4 rings (SSSR count). The largest absolute Gasteiger partial charge is 0.485 e. The monoisotopic (exact) mass is 697 g/mol. The number of piperidine rings is 1. The highest BCUT2D eigenvalue weighted by molar-refractivity contribution is 14.1. The fourth-order valence-electron chi connectivity index (χ4n) is 5.56. The Morgan fingerprint density at radius 3 is 2.49 bits per heavy atom. The van der Waals surface area contributed by atoms with Gasteiger partial charge < -0.3 is 20.1 Å². The number of rotatable bonds is 11. The Balaban J connectivity index is 1.62. The van der Waals surface area contributed by atoms with Crippen molar-refractivity contribution in [2.24, 2.45) is 5.92 Å². The van der Waals surface area contributed by atoms with Crippen molar-refractivity contribution in [3.8, 4) is 5.75 Å². The van der Waals surface area contributed by atoms with Crippen molar-refractivity contribution in [3.63, 3.8) is 0 Å². The van der Waals surface area contributed by atoms with Gasteiger partial charge in [0.15, 0.2) is 0 Å². The van der Waals surface area contributed by atoms with Crippen molar-refractivity contribution >= 4 is 38.5 Å². The van der Waals surface area contributed by atoms with E-state index in [1.807, 2.05) is 12.1 Å². The highest BCUT2D eigenvalue weighted by Gasteiger charge is 2.48. The molecule has 2 atom stereocenters. The molecule has 0 spiro atoms. The summed E-state index contributed by atoms with van der Waals surface area (Å²) in [6.07, 6.45) is 3.36. The molecule has 0 radical (unpaired) electrons. The van der Waals surface area contributed by atoms with Gasteiger partial charge in [-0.25, -0.2) is 8.42 Å². The number of likely N-dealkylation sites (tertiary alicyclic amines) is 1. The number of aliphatic hydroxyl groups excluding tert-OH is 1. The number of ether oxygens (including phenoxy) is 1. The highest BCUT2D eigenvalue weighted by Crippen LogP contribution is 2.45. The number of amides is 1. The van der Waals surface area contributed by atoms with Gasteiger partial charge in [-0.3, -0.25) is 4.79 Å². The Hall–Kier alpha value is -1.73. The van der Waals surface area contributed by atoms with E-state index in [2.05, 4.69) is 46.7 Å². The Morgan fingerprint density at radius 2 is 1.83 bits per heavy atom. The molecule has 2 heterocycles. The minimum Gasteiger partial charge on any atom is -0.485 e. The van der Waals surface area contributed by atoms with Crippen molar-refractivity contribution in [2.75, 3.05) is 32.7 Å². The lowest BCUT2D eigenvalue weighted by Gasteiger charge is -2.46. The van der Waals surface area contributed by atoms with Crippen LogP contribution in [0, 0.1) is 9.49 Å². The van der Waals surface area contributed by atoms with E-state index in [4.69, 9.17) is 4.74 Å². The topological polar surface area (TPSA) is 99.2 Å². The third-order valence-corrected chi connectivity index (χ3v) is 10.6. The molecule has 8 nitrogen and oxygen atoms in total. The van der Waals surface area contributed by atoms with Crippen LogP contribution in [0.4, 0.5) is 0 Å². The number of carbonyl (C=O) groups excluding carboxylic acids is 1. The molecule has 2 aliphatic heterocycles. The first kappa shape index (κ1) is 32.2. The number of halogens is 1. The van der Waals surface area contributed by atoms with Gasteiger partial charge in [0.1, 0.15) is 17.5 Å². The summed E-state index contributed by atoms with van der Waals surface area (Å²) < 4.78 is 36.8. The molecular weight excluding hydrogens is 653 g/mol. The van der Waals surface area contributed by atoms with Crippen LogP contribution in [0.1, 0.15) is 70.5 Å². The lowest BCUT2D eigenvalue weighted by atomic mass is 9.85. The molecule has 10 heteroatoms. The van der Waals surface area contributed by atoms with Gasteiger partial charge in [0.25, 0.3) is 0 Å². The van der Waals surface area contributed by atoms with Crippen LogP contribution in [0.5, 0.6) is 5.75 Å². The molecule has 0 saturated carbocycles. The van der Waals surface area contributed by atoms with Crippen LogP contribution in [0.15, 0.2) is 47.4 Å². The van der Waals surface area contributed by atoms with E-state index < -0.39 is 27.8 Å².